The zero-order valence-corrected chi connectivity index (χ0v) is 16.2. The number of carbonyl (C=O) groups excluding carboxylic acids is 2. The van der Waals surface area contributed by atoms with Crippen molar-refractivity contribution < 1.29 is 9.59 Å². The fourth-order valence-corrected chi connectivity index (χ4v) is 4.19. The van der Waals surface area contributed by atoms with Crippen molar-refractivity contribution in [2.45, 2.75) is 39.3 Å². The Morgan fingerprint density at radius 1 is 1.33 bits per heavy atom. The van der Waals surface area contributed by atoms with Crippen LogP contribution in [-0.4, -0.2) is 50.7 Å². The van der Waals surface area contributed by atoms with Gasteiger partial charge in [-0.3, -0.25) is 9.59 Å². The molecule has 2 aromatic heterocycles. The number of nitriles is 1. The van der Waals surface area contributed by atoms with Gasteiger partial charge in [-0.25, -0.2) is 10.2 Å². The lowest BCUT2D eigenvalue weighted by molar-refractivity contribution is -0.136. The molecule has 2 aliphatic heterocycles. The van der Waals surface area contributed by atoms with E-state index < -0.39 is 6.04 Å². The molecule has 0 bridgehead atoms. The summed E-state index contributed by atoms with van der Waals surface area (Å²) in [6, 6.07) is -0.479. The molecule has 142 valence electrons. The molecule has 27 heavy (non-hydrogen) atoms. The number of amides is 2. The molecule has 0 spiro atoms. The van der Waals surface area contributed by atoms with E-state index in [2.05, 4.69) is 16.5 Å². The zero-order valence-electron chi connectivity index (χ0n) is 15.4. The first-order valence-corrected chi connectivity index (χ1v) is 9.37. The first-order chi connectivity index (χ1) is 13.0. The minimum atomic E-state index is -0.479. The highest BCUT2D eigenvalue weighted by Crippen LogP contribution is 2.35. The van der Waals surface area contributed by atoms with Crippen molar-refractivity contribution in [2.24, 2.45) is 5.92 Å². The third-order valence-corrected chi connectivity index (χ3v) is 5.54. The van der Waals surface area contributed by atoms with Crippen LogP contribution < -0.4 is 0 Å². The molecule has 2 amide bonds. The van der Waals surface area contributed by atoms with E-state index in [1.165, 1.54) is 0 Å². The van der Waals surface area contributed by atoms with Gasteiger partial charge < -0.3 is 14.8 Å². The molecule has 1 fully saturated rings. The molecule has 4 rings (SSSR count). The summed E-state index contributed by atoms with van der Waals surface area (Å²) >= 11 is 6.36. The molecule has 0 saturated carbocycles. The van der Waals surface area contributed by atoms with Crippen molar-refractivity contribution in [1.82, 2.24) is 19.8 Å². The molecule has 7 nitrogen and oxygen atoms in total. The van der Waals surface area contributed by atoms with Gasteiger partial charge in [0.15, 0.2) is 0 Å². The average molecular weight is 388 g/mol. The fourth-order valence-electron chi connectivity index (χ4n) is 3.99. The van der Waals surface area contributed by atoms with E-state index >= 15 is 0 Å². The van der Waals surface area contributed by atoms with Crippen molar-refractivity contribution in [3.05, 3.63) is 28.5 Å². The van der Waals surface area contributed by atoms with Crippen molar-refractivity contribution in [1.29, 1.82) is 5.26 Å². The second kappa shape index (κ2) is 7.57. The predicted molar refractivity (Wildman–Crippen MR) is 102 cm³/mol. The molecule has 2 aromatic rings. The zero-order chi connectivity index (χ0) is 19.7. The predicted octanol–water partition coefficient (Wildman–Crippen LogP) is 2.96. The number of aromatic amines is 1. The summed E-state index contributed by atoms with van der Waals surface area (Å²) in [5, 5.41) is 7.81. The van der Waals surface area contributed by atoms with Crippen molar-refractivity contribution in [3.63, 3.8) is 0 Å². The number of likely N-dealkylation sites (tertiary alicyclic amines) is 1. The van der Waals surface area contributed by atoms with Crippen molar-refractivity contribution in [3.8, 4) is 6.57 Å². The maximum Gasteiger partial charge on any atom is 0.257 e. The molecule has 4 heterocycles. The Kier molecular flexibility index (Phi) is 5.38. The Morgan fingerprint density at radius 2 is 2.00 bits per heavy atom. The van der Waals surface area contributed by atoms with Gasteiger partial charge in [0.05, 0.1) is 10.6 Å². The number of carbonyl (C=O) groups is 2. The number of halogens is 1. The van der Waals surface area contributed by atoms with E-state index in [9.17, 15) is 9.59 Å². The molecule has 1 unspecified atom stereocenters. The van der Waals surface area contributed by atoms with Crippen LogP contribution in [0.3, 0.4) is 0 Å². The van der Waals surface area contributed by atoms with E-state index in [4.69, 9.17) is 16.9 Å². The standard InChI is InChI=1S/C18H21ClN4O2.CHN/c1-10(2)15(18(25)22-5-3-4-6-22)23-9-12-13(19)8-21-16-14(12)11(7-20-16)17(23)24;1-2/h7-8,10,15H,3-6,9H2,1-2H3,(H,20,21);1H. The summed E-state index contributed by atoms with van der Waals surface area (Å²) in [5.74, 6) is -0.0658. The van der Waals surface area contributed by atoms with E-state index in [1.54, 1.807) is 17.3 Å². The van der Waals surface area contributed by atoms with Crippen LogP contribution in [0.4, 0.5) is 0 Å². The molecule has 0 radical (unpaired) electrons. The Balaban J connectivity index is 0.00000102. The molecule has 2 aliphatic rings. The van der Waals surface area contributed by atoms with Gasteiger partial charge in [0.1, 0.15) is 11.7 Å². The van der Waals surface area contributed by atoms with Crippen LogP contribution in [0.2, 0.25) is 5.02 Å². The average Bonchev–Trinajstić information content (AvgIpc) is 3.33. The molecule has 8 heteroatoms. The van der Waals surface area contributed by atoms with Gasteiger partial charge in [-0.1, -0.05) is 25.4 Å². The highest BCUT2D eigenvalue weighted by atomic mass is 35.5. The second-order valence-electron chi connectivity index (χ2n) is 7.16. The van der Waals surface area contributed by atoms with Gasteiger partial charge in [-0.2, -0.15) is 0 Å². The highest BCUT2D eigenvalue weighted by Gasteiger charge is 2.40. The van der Waals surface area contributed by atoms with Gasteiger partial charge in [0.2, 0.25) is 5.91 Å². The molecule has 1 saturated heterocycles. The van der Waals surface area contributed by atoms with E-state index in [0.717, 1.165) is 36.9 Å². The summed E-state index contributed by atoms with van der Waals surface area (Å²) in [6.07, 6.45) is 5.33. The maximum atomic E-state index is 13.1. The summed E-state index contributed by atoms with van der Waals surface area (Å²) in [6.45, 7) is 9.37. The van der Waals surface area contributed by atoms with Crippen LogP contribution in [-0.2, 0) is 11.3 Å². The normalized spacial score (nSPS) is 17.2. The van der Waals surface area contributed by atoms with Crippen LogP contribution in [0.15, 0.2) is 12.4 Å². The SMILES string of the molecule is C#N.CC(C)C(C(=O)N1CCCC1)N1Cc2c(Cl)cnc3[nH]cc(c23)C1=O. The Hall–Kier alpha value is -2.59. The minimum Gasteiger partial charge on any atom is -0.345 e. The van der Waals surface area contributed by atoms with Crippen molar-refractivity contribution in [2.75, 3.05) is 13.1 Å². The van der Waals surface area contributed by atoms with Gasteiger partial charge >= 0.3 is 0 Å². The summed E-state index contributed by atoms with van der Waals surface area (Å²) in [5.41, 5.74) is 2.07. The van der Waals surface area contributed by atoms with Crippen LogP contribution in [0.25, 0.3) is 11.0 Å². The van der Waals surface area contributed by atoms with Crippen molar-refractivity contribution >= 4 is 34.4 Å². The van der Waals surface area contributed by atoms with Crippen LogP contribution in [0.5, 0.6) is 0 Å². The Labute approximate surface area is 162 Å². The molecule has 1 atom stereocenters. The number of nitrogens with one attached hydrogen (secondary N) is 1. The molecular weight excluding hydrogens is 366 g/mol. The molecule has 0 aromatic carbocycles. The Bertz CT molecular complexity index is 898. The topological polar surface area (TPSA) is 93.1 Å². The first kappa shape index (κ1) is 19.2. The first-order valence-electron chi connectivity index (χ1n) is 8.99. The van der Waals surface area contributed by atoms with Gasteiger partial charge in [-0.15, -0.1) is 0 Å². The summed E-state index contributed by atoms with van der Waals surface area (Å²) in [7, 11) is 0. The van der Waals surface area contributed by atoms with Gasteiger partial charge in [0, 0.05) is 49.5 Å². The summed E-state index contributed by atoms with van der Waals surface area (Å²) < 4.78 is 0. The number of nitrogens with zero attached hydrogens (tertiary/aromatic N) is 4. The second-order valence-corrected chi connectivity index (χ2v) is 7.57. The van der Waals surface area contributed by atoms with E-state index in [0.29, 0.717) is 22.8 Å². The van der Waals surface area contributed by atoms with E-state index in [-0.39, 0.29) is 17.7 Å². The number of aromatic nitrogens is 2. The fraction of sp³-hybridized carbons (Fsp3) is 0.474. The number of rotatable bonds is 3. The minimum absolute atomic E-state index is 0.0219. The van der Waals surface area contributed by atoms with Crippen LogP contribution >= 0.6 is 11.6 Å². The lowest BCUT2D eigenvalue weighted by Gasteiger charge is -2.37. The number of H-pyrrole nitrogens is 1. The smallest absolute Gasteiger partial charge is 0.257 e. The quantitative estimate of drug-likeness (QED) is 0.876. The number of pyridine rings is 1. The summed E-state index contributed by atoms with van der Waals surface area (Å²) in [4.78, 5) is 37.0. The lowest BCUT2D eigenvalue weighted by atomic mass is 9.95. The number of hydrogen-bond acceptors (Lipinski definition) is 4. The third kappa shape index (κ3) is 3.15. The van der Waals surface area contributed by atoms with Crippen LogP contribution in [0, 0.1) is 17.8 Å². The monoisotopic (exact) mass is 387 g/mol. The van der Waals surface area contributed by atoms with Gasteiger partial charge in [-0.05, 0) is 18.8 Å². The third-order valence-electron chi connectivity index (χ3n) is 5.21. The van der Waals surface area contributed by atoms with E-state index in [1.807, 2.05) is 18.7 Å². The Morgan fingerprint density at radius 3 is 2.63 bits per heavy atom. The molecular formula is C19H22ClN5O2. The molecule has 0 aliphatic carbocycles. The highest BCUT2D eigenvalue weighted by molar-refractivity contribution is 6.32. The van der Waals surface area contributed by atoms with Crippen LogP contribution in [0.1, 0.15) is 42.6 Å². The lowest BCUT2D eigenvalue weighted by Crippen LogP contribution is -2.53. The maximum absolute atomic E-state index is 13.1. The number of hydrogen-bond donors (Lipinski definition) is 1. The molecule has 1 N–H and O–H groups in total. The van der Waals surface area contributed by atoms with Gasteiger partial charge in [0.25, 0.3) is 5.91 Å². The largest absolute Gasteiger partial charge is 0.345 e.